The lowest BCUT2D eigenvalue weighted by atomic mass is 9.76. The highest BCUT2D eigenvalue weighted by molar-refractivity contribution is 6.31. The molecule has 0 unspecified atom stereocenters. The molecule has 0 amide bonds. The third-order valence-corrected chi connectivity index (χ3v) is 6.40. The number of allylic oxidation sites excluding steroid dienone is 3. The molecule has 164 valence electrons. The first kappa shape index (κ1) is 21.8. The summed E-state index contributed by atoms with van der Waals surface area (Å²) in [6.07, 6.45) is 2.00. The fourth-order valence-corrected chi connectivity index (χ4v) is 4.54. The number of carbonyl (C=O) groups is 1. The van der Waals surface area contributed by atoms with E-state index in [1.807, 2.05) is 43.4 Å². The maximum absolute atomic E-state index is 12.9. The molecule has 0 bridgehead atoms. The normalized spacial score (nSPS) is 18.4. The first-order chi connectivity index (χ1) is 15.5. The number of nitrogens with two attached hydrogens (primary N) is 1. The van der Waals surface area contributed by atoms with Crippen molar-refractivity contribution in [2.24, 2.45) is 5.73 Å². The molecule has 0 aromatic heterocycles. The lowest BCUT2D eigenvalue weighted by molar-refractivity contribution is -0.116. The SMILES string of the molecule is COc1cc([C@@H]2C(C#N)=C(N)N(C)C3=C2C(=O)CCC3)ccc1OCc1ccccc1Cl. The number of nitrogens with zero attached hydrogens (tertiary/aromatic N) is 2. The zero-order valence-electron chi connectivity index (χ0n) is 18.0. The van der Waals surface area contributed by atoms with Gasteiger partial charge in [-0.25, -0.2) is 0 Å². The van der Waals surface area contributed by atoms with Gasteiger partial charge in [0.05, 0.1) is 24.7 Å². The van der Waals surface area contributed by atoms with E-state index in [1.54, 1.807) is 18.1 Å². The van der Waals surface area contributed by atoms with Crippen LogP contribution >= 0.6 is 11.6 Å². The van der Waals surface area contributed by atoms with Crippen molar-refractivity contribution >= 4 is 17.4 Å². The van der Waals surface area contributed by atoms with Gasteiger partial charge in [-0.15, -0.1) is 0 Å². The van der Waals surface area contributed by atoms with Crippen LogP contribution in [0, 0.1) is 11.3 Å². The van der Waals surface area contributed by atoms with Crippen molar-refractivity contribution in [1.82, 2.24) is 4.90 Å². The van der Waals surface area contributed by atoms with Gasteiger partial charge in [-0.2, -0.15) is 5.26 Å². The third kappa shape index (κ3) is 3.80. The predicted molar refractivity (Wildman–Crippen MR) is 122 cm³/mol. The van der Waals surface area contributed by atoms with Crippen LogP contribution in [0.25, 0.3) is 0 Å². The summed E-state index contributed by atoms with van der Waals surface area (Å²) in [5, 5.41) is 10.5. The minimum Gasteiger partial charge on any atom is -0.493 e. The second-order valence-electron chi connectivity index (χ2n) is 7.83. The number of rotatable bonds is 5. The number of ketones is 1. The molecule has 1 aliphatic heterocycles. The Morgan fingerprint density at radius 3 is 2.72 bits per heavy atom. The number of nitriles is 1. The molecule has 0 fully saturated rings. The lowest BCUT2D eigenvalue weighted by Crippen LogP contribution is -2.36. The smallest absolute Gasteiger partial charge is 0.161 e. The molecule has 7 heteroatoms. The Morgan fingerprint density at radius 2 is 2.00 bits per heavy atom. The summed E-state index contributed by atoms with van der Waals surface area (Å²) in [5.41, 5.74) is 9.84. The van der Waals surface area contributed by atoms with Crippen LogP contribution in [0.2, 0.25) is 5.02 Å². The summed E-state index contributed by atoms with van der Waals surface area (Å²) in [6, 6.07) is 15.2. The van der Waals surface area contributed by atoms with Gasteiger partial charge in [-0.1, -0.05) is 35.9 Å². The van der Waals surface area contributed by atoms with E-state index in [1.165, 1.54) is 0 Å². The summed E-state index contributed by atoms with van der Waals surface area (Å²) >= 11 is 6.23. The van der Waals surface area contributed by atoms with Crippen LogP contribution in [0.3, 0.4) is 0 Å². The molecule has 0 saturated heterocycles. The molecule has 1 heterocycles. The number of Topliss-reactive ketones (excluding diaryl/α,β-unsaturated/α-hetero) is 1. The zero-order valence-corrected chi connectivity index (χ0v) is 18.8. The molecule has 6 nitrogen and oxygen atoms in total. The quantitative estimate of drug-likeness (QED) is 0.714. The molecule has 0 spiro atoms. The molecular formula is C25H24ClN3O3. The van der Waals surface area contributed by atoms with Crippen molar-refractivity contribution in [2.45, 2.75) is 31.8 Å². The van der Waals surface area contributed by atoms with Gasteiger partial charge < -0.3 is 20.1 Å². The largest absolute Gasteiger partial charge is 0.493 e. The zero-order chi connectivity index (χ0) is 22.8. The molecule has 2 aliphatic rings. The molecule has 1 atom stereocenters. The van der Waals surface area contributed by atoms with Crippen molar-refractivity contribution < 1.29 is 14.3 Å². The topological polar surface area (TPSA) is 88.6 Å². The van der Waals surface area contributed by atoms with Crippen molar-refractivity contribution in [3.8, 4) is 17.6 Å². The third-order valence-electron chi connectivity index (χ3n) is 6.03. The average molecular weight is 450 g/mol. The number of carbonyl (C=O) groups excluding carboxylic acids is 1. The first-order valence-corrected chi connectivity index (χ1v) is 10.8. The summed E-state index contributed by atoms with van der Waals surface area (Å²) in [5.74, 6) is 0.967. The van der Waals surface area contributed by atoms with E-state index in [9.17, 15) is 10.1 Å². The highest BCUT2D eigenvalue weighted by Gasteiger charge is 2.38. The Labute approximate surface area is 192 Å². The molecular weight excluding hydrogens is 426 g/mol. The molecule has 2 aromatic rings. The van der Waals surface area contributed by atoms with Crippen LogP contribution in [-0.4, -0.2) is 24.8 Å². The van der Waals surface area contributed by atoms with Crippen LogP contribution in [0.1, 0.15) is 36.3 Å². The molecule has 2 aromatic carbocycles. The van der Waals surface area contributed by atoms with Crippen LogP contribution in [-0.2, 0) is 11.4 Å². The van der Waals surface area contributed by atoms with E-state index in [4.69, 9.17) is 26.8 Å². The highest BCUT2D eigenvalue weighted by Crippen LogP contribution is 2.45. The monoisotopic (exact) mass is 449 g/mol. The van der Waals surface area contributed by atoms with Crippen molar-refractivity contribution in [1.29, 1.82) is 5.26 Å². The van der Waals surface area contributed by atoms with E-state index in [2.05, 4.69) is 6.07 Å². The molecule has 4 rings (SSSR count). The number of methoxy groups -OCH3 is 1. The fourth-order valence-electron chi connectivity index (χ4n) is 4.35. The first-order valence-electron chi connectivity index (χ1n) is 10.4. The van der Waals surface area contributed by atoms with Gasteiger partial charge in [-0.05, 0) is 36.6 Å². The number of hydrogen-bond donors (Lipinski definition) is 1. The Hall–Kier alpha value is -3.43. The molecule has 1 aliphatic carbocycles. The van der Waals surface area contributed by atoms with Gasteiger partial charge in [0.2, 0.25) is 0 Å². The van der Waals surface area contributed by atoms with E-state index < -0.39 is 5.92 Å². The summed E-state index contributed by atoms with van der Waals surface area (Å²) in [4.78, 5) is 14.7. The van der Waals surface area contributed by atoms with Gasteiger partial charge in [0.15, 0.2) is 17.3 Å². The van der Waals surface area contributed by atoms with E-state index in [-0.39, 0.29) is 12.4 Å². The maximum Gasteiger partial charge on any atom is 0.161 e. The molecule has 0 saturated carbocycles. The second kappa shape index (κ2) is 8.97. The number of halogens is 1. The van der Waals surface area contributed by atoms with Crippen LogP contribution < -0.4 is 15.2 Å². The Kier molecular flexibility index (Phi) is 6.11. The lowest BCUT2D eigenvalue weighted by Gasteiger charge is -2.37. The highest BCUT2D eigenvalue weighted by atomic mass is 35.5. The number of benzene rings is 2. The van der Waals surface area contributed by atoms with Crippen LogP contribution in [0.4, 0.5) is 0 Å². The standard InChI is InChI=1S/C25H24ClN3O3/c1-29-19-8-5-9-20(30)24(19)23(17(13-27)25(29)28)15-10-11-21(22(12-15)31-2)32-14-16-6-3-4-7-18(16)26/h3-4,6-7,10-12,23H,5,8-9,14,28H2,1-2H3/t23-/m1/s1. The average Bonchev–Trinajstić information content (AvgIpc) is 2.81. The fraction of sp³-hybridized carbons (Fsp3) is 0.280. The molecule has 2 N–H and O–H groups in total. The van der Waals surface area contributed by atoms with Crippen molar-refractivity contribution in [3.63, 3.8) is 0 Å². The summed E-state index contributed by atoms with van der Waals surface area (Å²) in [6.45, 7) is 0.285. The number of ether oxygens (including phenoxy) is 2. The molecule has 0 radical (unpaired) electrons. The predicted octanol–water partition coefficient (Wildman–Crippen LogP) is 4.66. The Morgan fingerprint density at radius 1 is 1.22 bits per heavy atom. The van der Waals surface area contributed by atoms with Crippen LogP contribution in [0.5, 0.6) is 11.5 Å². The summed E-state index contributed by atoms with van der Waals surface area (Å²) < 4.78 is 11.5. The summed E-state index contributed by atoms with van der Waals surface area (Å²) in [7, 11) is 3.37. The Balaban J connectivity index is 1.72. The van der Waals surface area contributed by atoms with Gasteiger partial charge in [0.25, 0.3) is 0 Å². The van der Waals surface area contributed by atoms with Gasteiger partial charge >= 0.3 is 0 Å². The van der Waals surface area contributed by atoms with Gasteiger partial charge in [0.1, 0.15) is 12.4 Å². The van der Waals surface area contributed by atoms with E-state index in [0.717, 1.165) is 29.7 Å². The van der Waals surface area contributed by atoms with E-state index in [0.29, 0.717) is 39.9 Å². The van der Waals surface area contributed by atoms with Crippen molar-refractivity contribution in [3.05, 3.63) is 81.3 Å². The number of hydrogen-bond acceptors (Lipinski definition) is 6. The second-order valence-corrected chi connectivity index (χ2v) is 8.24. The maximum atomic E-state index is 12.9. The van der Waals surface area contributed by atoms with Gasteiger partial charge in [-0.3, -0.25) is 4.79 Å². The van der Waals surface area contributed by atoms with Crippen LogP contribution in [0.15, 0.2) is 65.1 Å². The minimum atomic E-state index is -0.523. The molecule has 32 heavy (non-hydrogen) atoms. The van der Waals surface area contributed by atoms with E-state index >= 15 is 0 Å². The van der Waals surface area contributed by atoms with Gasteiger partial charge in [0, 0.05) is 35.3 Å². The minimum absolute atomic E-state index is 0.0568. The van der Waals surface area contributed by atoms with Crippen molar-refractivity contribution in [2.75, 3.05) is 14.2 Å². The Bertz CT molecular complexity index is 1180.